The summed E-state index contributed by atoms with van der Waals surface area (Å²) >= 11 is 0. The minimum Gasteiger partial charge on any atom is -0.507 e. The topological polar surface area (TPSA) is 65.0 Å². The fourth-order valence-electron chi connectivity index (χ4n) is 7.19. The average molecular weight is 709 g/mol. The molecule has 0 heterocycles. The van der Waals surface area contributed by atoms with Crippen molar-refractivity contribution < 1.29 is 24.1 Å². The molecule has 8 rings (SSSR count). The van der Waals surface area contributed by atoms with Crippen LogP contribution in [0.15, 0.2) is 164 Å². The summed E-state index contributed by atoms with van der Waals surface area (Å²) in [5.41, 5.74) is 9.75. The lowest BCUT2D eigenvalue weighted by atomic mass is 9.91. The Labute approximate surface area is 316 Å². The third-order valence-electron chi connectivity index (χ3n) is 9.92. The van der Waals surface area contributed by atoms with Crippen LogP contribution in [0.3, 0.4) is 0 Å². The summed E-state index contributed by atoms with van der Waals surface area (Å²) in [6.07, 6.45) is 1.83. The van der Waals surface area contributed by atoms with Crippen LogP contribution in [0.2, 0.25) is 0 Å². The van der Waals surface area contributed by atoms with Gasteiger partial charge < -0.3 is 19.3 Å². The number of hydrogen-bond acceptors (Lipinski definition) is 5. The van der Waals surface area contributed by atoms with Gasteiger partial charge in [0.2, 0.25) is 0 Å². The van der Waals surface area contributed by atoms with E-state index in [0.717, 1.165) is 67.1 Å². The van der Waals surface area contributed by atoms with Gasteiger partial charge in [-0.3, -0.25) is 0 Å². The number of ether oxygens (including phenoxy) is 3. The summed E-state index contributed by atoms with van der Waals surface area (Å²) in [7, 11) is 0. The van der Waals surface area contributed by atoms with Crippen molar-refractivity contribution in [1.29, 1.82) is 0 Å². The van der Waals surface area contributed by atoms with Crippen LogP contribution >= 0.6 is 0 Å². The molecule has 0 aliphatic heterocycles. The highest BCUT2D eigenvalue weighted by Crippen LogP contribution is 2.39. The Balaban J connectivity index is 1.28. The molecule has 0 saturated heterocycles. The molecule has 0 saturated carbocycles. The summed E-state index contributed by atoms with van der Waals surface area (Å²) in [6.45, 7) is 0.805. The van der Waals surface area contributed by atoms with Gasteiger partial charge in [0.15, 0.2) is 0 Å². The lowest BCUT2D eigenvalue weighted by Crippen LogP contribution is -2.12. The molecule has 1 N–H and O–H groups in total. The molecule has 7 aromatic carbocycles. The molecular formula is C49H40O5. The van der Waals surface area contributed by atoms with Crippen molar-refractivity contribution in [3.05, 3.63) is 225 Å². The van der Waals surface area contributed by atoms with Crippen molar-refractivity contribution in [1.82, 2.24) is 0 Å². The van der Waals surface area contributed by atoms with Gasteiger partial charge in [-0.2, -0.15) is 0 Å². The van der Waals surface area contributed by atoms with E-state index < -0.39 is 5.97 Å². The molecule has 5 heteroatoms. The Morgan fingerprint density at radius 2 is 0.741 bits per heavy atom. The molecule has 1 aliphatic carbocycles. The predicted octanol–water partition coefficient (Wildman–Crippen LogP) is 10.4. The van der Waals surface area contributed by atoms with E-state index in [0.29, 0.717) is 50.2 Å². The monoisotopic (exact) mass is 708 g/mol. The molecule has 0 spiro atoms. The first-order chi connectivity index (χ1) is 26.6. The number of phenols is 1. The quantitative estimate of drug-likeness (QED) is 0.126. The molecule has 0 radical (unpaired) electrons. The second kappa shape index (κ2) is 16.0. The second-order valence-corrected chi connectivity index (χ2v) is 13.7. The minimum absolute atomic E-state index is 0.219. The zero-order chi connectivity index (χ0) is 36.7. The lowest BCUT2D eigenvalue weighted by molar-refractivity contribution is 0.0731. The van der Waals surface area contributed by atoms with Crippen molar-refractivity contribution in [2.24, 2.45) is 0 Å². The highest BCUT2D eigenvalue weighted by Gasteiger charge is 2.22. The fraction of sp³-hybridized carbons (Fsp3) is 0.122. The molecule has 0 aromatic heterocycles. The molecular weight excluding hydrogens is 669 g/mol. The van der Waals surface area contributed by atoms with Crippen molar-refractivity contribution in [2.45, 2.75) is 38.9 Å². The second-order valence-electron chi connectivity index (χ2n) is 13.7. The van der Waals surface area contributed by atoms with E-state index in [1.165, 1.54) is 0 Å². The molecule has 7 aromatic rings. The van der Waals surface area contributed by atoms with Crippen LogP contribution < -0.4 is 14.2 Å². The minimum atomic E-state index is -0.438. The van der Waals surface area contributed by atoms with Gasteiger partial charge in [-0.15, -0.1) is 0 Å². The molecule has 5 nitrogen and oxygen atoms in total. The Hall–Kier alpha value is -6.59. The van der Waals surface area contributed by atoms with E-state index in [1.54, 1.807) is 12.1 Å². The largest absolute Gasteiger partial charge is 0.507 e. The summed E-state index contributed by atoms with van der Waals surface area (Å²) < 4.78 is 19.8. The summed E-state index contributed by atoms with van der Waals surface area (Å²) in [5.74, 6) is 1.87. The standard InChI is InChI=1S/C49H40O5/c50-45-37-20-10-21-38(45)29-43-26-13-27-44(48(43)54-49(51)36-18-8-3-9-19-36)31-42-25-12-24-41(47(42)53-33-35-16-6-2-7-17-35)30-40-23-11-22-39(28-37)46(40)52-32-34-14-4-1-5-15-34/h1-27,50H,28-33H2. The maximum Gasteiger partial charge on any atom is 0.343 e. The van der Waals surface area contributed by atoms with Crippen LogP contribution in [0.25, 0.3) is 0 Å². The van der Waals surface area contributed by atoms with Crippen LogP contribution in [-0.4, -0.2) is 11.1 Å². The number of aromatic hydroxyl groups is 1. The number of phenolic OH excluding ortho intramolecular Hbond substituents is 1. The Bertz CT molecular complexity index is 2390. The highest BCUT2D eigenvalue weighted by atomic mass is 16.5. The Morgan fingerprint density at radius 3 is 1.15 bits per heavy atom. The van der Waals surface area contributed by atoms with Crippen LogP contribution in [0.5, 0.6) is 23.0 Å². The number of fused-ring (bicyclic) bond motifs is 8. The average Bonchev–Trinajstić information content (AvgIpc) is 3.21. The van der Waals surface area contributed by atoms with Crippen molar-refractivity contribution in [3.63, 3.8) is 0 Å². The normalized spacial score (nSPS) is 12.1. The fourth-order valence-corrected chi connectivity index (χ4v) is 7.19. The van der Waals surface area contributed by atoms with Gasteiger partial charge in [0.05, 0.1) is 5.56 Å². The van der Waals surface area contributed by atoms with Gasteiger partial charge in [-0.05, 0) is 67.8 Å². The van der Waals surface area contributed by atoms with Crippen molar-refractivity contribution in [2.75, 3.05) is 0 Å². The number of benzene rings is 7. The molecule has 1 aliphatic rings. The first-order valence-corrected chi connectivity index (χ1v) is 18.3. The van der Waals surface area contributed by atoms with E-state index in [9.17, 15) is 9.90 Å². The predicted molar refractivity (Wildman–Crippen MR) is 212 cm³/mol. The van der Waals surface area contributed by atoms with Crippen molar-refractivity contribution in [3.8, 4) is 23.0 Å². The first-order valence-electron chi connectivity index (χ1n) is 18.3. The van der Waals surface area contributed by atoms with Crippen molar-refractivity contribution >= 4 is 5.97 Å². The van der Waals surface area contributed by atoms with Crippen LogP contribution in [0.4, 0.5) is 0 Å². The van der Waals surface area contributed by atoms with Gasteiger partial charge in [0.25, 0.3) is 0 Å². The first kappa shape index (κ1) is 34.5. The number of carbonyl (C=O) groups excluding carboxylic acids is 1. The third kappa shape index (κ3) is 7.76. The van der Waals surface area contributed by atoms with Gasteiger partial charge in [-0.25, -0.2) is 4.79 Å². The third-order valence-corrected chi connectivity index (χ3v) is 9.92. The van der Waals surface area contributed by atoms with E-state index >= 15 is 0 Å². The number of para-hydroxylation sites is 4. The zero-order valence-corrected chi connectivity index (χ0v) is 29.9. The van der Waals surface area contributed by atoms with Gasteiger partial charge in [0, 0.05) is 25.7 Å². The molecule has 0 atom stereocenters. The molecule has 266 valence electrons. The number of hydrogen-bond donors (Lipinski definition) is 1. The molecule has 54 heavy (non-hydrogen) atoms. The maximum atomic E-state index is 13.6. The maximum absolute atomic E-state index is 13.6. The summed E-state index contributed by atoms with van der Waals surface area (Å²) in [4.78, 5) is 13.6. The van der Waals surface area contributed by atoms with E-state index in [-0.39, 0.29) is 5.75 Å². The van der Waals surface area contributed by atoms with E-state index in [1.807, 2.05) is 91.0 Å². The van der Waals surface area contributed by atoms with Crippen LogP contribution in [0, 0.1) is 0 Å². The van der Waals surface area contributed by atoms with Gasteiger partial charge in [0.1, 0.15) is 36.2 Å². The number of esters is 1. The zero-order valence-electron chi connectivity index (χ0n) is 29.9. The summed E-state index contributed by atoms with van der Waals surface area (Å²) in [5, 5.41) is 11.8. The summed E-state index contributed by atoms with van der Waals surface area (Å²) in [6, 6.07) is 53.7. The van der Waals surface area contributed by atoms with Gasteiger partial charge >= 0.3 is 5.97 Å². The number of rotatable bonds is 8. The highest BCUT2D eigenvalue weighted by molar-refractivity contribution is 5.91. The van der Waals surface area contributed by atoms with Gasteiger partial charge in [-0.1, -0.05) is 152 Å². The molecule has 0 fully saturated rings. The Kier molecular flexibility index (Phi) is 10.2. The smallest absolute Gasteiger partial charge is 0.343 e. The molecule has 0 unspecified atom stereocenters. The molecule has 8 bridgehead atoms. The SMILES string of the molecule is O=C(Oc1c2cccc1Cc1cccc(c1OCc1ccccc1)Cc1cccc(c1OCc1ccccc1)Cc1cccc(c1O)C2)c1ccccc1. The lowest BCUT2D eigenvalue weighted by Gasteiger charge is -2.21. The number of carbonyl (C=O) groups is 1. The van der Waals surface area contributed by atoms with E-state index in [4.69, 9.17) is 14.2 Å². The molecule has 0 amide bonds. The Morgan fingerprint density at radius 1 is 0.407 bits per heavy atom. The van der Waals surface area contributed by atoms with E-state index in [2.05, 4.69) is 60.7 Å². The van der Waals surface area contributed by atoms with Crippen LogP contribution in [0.1, 0.15) is 66.0 Å². The van der Waals surface area contributed by atoms with Crippen LogP contribution in [-0.2, 0) is 38.9 Å².